The van der Waals surface area contributed by atoms with Crippen molar-refractivity contribution in [2.24, 2.45) is 5.10 Å². The van der Waals surface area contributed by atoms with Crippen molar-refractivity contribution in [3.8, 4) is 5.75 Å². The first kappa shape index (κ1) is 19.2. The number of carbonyl (C=O) groups excluding carboxylic acids is 1. The molecule has 28 heavy (non-hydrogen) atoms. The van der Waals surface area contributed by atoms with Gasteiger partial charge in [-0.05, 0) is 47.5 Å². The van der Waals surface area contributed by atoms with Crippen LogP contribution >= 0.6 is 0 Å². The number of ether oxygens (including phenoxy) is 1. The van der Waals surface area contributed by atoms with Gasteiger partial charge in [-0.1, -0.05) is 48.5 Å². The summed E-state index contributed by atoms with van der Waals surface area (Å²) >= 11 is 0. The van der Waals surface area contributed by atoms with Crippen molar-refractivity contribution in [2.45, 2.75) is 6.61 Å². The van der Waals surface area contributed by atoms with E-state index in [1.54, 1.807) is 6.21 Å². The van der Waals surface area contributed by atoms with Gasteiger partial charge < -0.3 is 9.64 Å². The van der Waals surface area contributed by atoms with E-state index in [0.717, 1.165) is 22.6 Å². The lowest BCUT2D eigenvalue weighted by Crippen LogP contribution is -2.32. The van der Waals surface area contributed by atoms with E-state index in [1.165, 1.54) is 0 Å². The van der Waals surface area contributed by atoms with Gasteiger partial charge in [-0.3, -0.25) is 4.79 Å². The number of carbonyl (C=O) groups is 1. The Balaban J connectivity index is 1.44. The van der Waals surface area contributed by atoms with Crippen molar-refractivity contribution in [1.82, 2.24) is 5.43 Å². The van der Waals surface area contributed by atoms with Gasteiger partial charge in [-0.15, -0.1) is 0 Å². The van der Waals surface area contributed by atoms with Gasteiger partial charge in [-0.2, -0.15) is 5.10 Å². The fourth-order valence-electron chi connectivity index (χ4n) is 2.59. The fraction of sp³-hybridized carbons (Fsp3) is 0.130. The molecule has 0 aliphatic carbocycles. The van der Waals surface area contributed by atoms with Crippen LogP contribution in [0.5, 0.6) is 5.75 Å². The maximum absolute atomic E-state index is 12.0. The smallest absolute Gasteiger partial charge is 0.259 e. The minimum Gasteiger partial charge on any atom is -0.489 e. The minimum absolute atomic E-state index is 0.176. The van der Waals surface area contributed by atoms with Crippen LogP contribution in [0.1, 0.15) is 11.1 Å². The number of likely N-dealkylation sites (N-methyl/N-ethyl adjacent to an activating group) is 1. The summed E-state index contributed by atoms with van der Waals surface area (Å²) in [6.07, 6.45) is 1.61. The number of hydrogen-bond donors (Lipinski definition) is 1. The number of nitrogens with one attached hydrogen (secondary N) is 1. The van der Waals surface area contributed by atoms with Crippen LogP contribution in [-0.2, 0) is 11.4 Å². The van der Waals surface area contributed by atoms with Gasteiger partial charge in [0, 0.05) is 12.7 Å². The molecule has 0 aliphatic heterocycles. The Morgan fingerprint density at radius 1 is 0.964 bits per heavy atom. The predicted molar refractivity (Wildman–Crippen MR) is 113 cm³/mol. The summed E-state index contributed by atoms with van der Waals surface area (Å²) in [5, 5.41) is 4.02. The number of nitrogens with zero attached hydrogens (tertiary/aromatic N) is 2. The summed E-state index contributed by atoms with van der Waals surface area (Å²) in [4.78, 5) is 13.9. The summed E-state index contributed by atoms with van der Waals surface area (Å²) in [6.45, 7) is 0.757. The quantitative estimate of drug-likeness (QED) is 0.482. The molecule has 1 amide bonds. The first-order valence-electron chi connectivity index (χ1n) is 9.05. The molecule has 0 saturated carbocycles. The number of anilines is 1. The topological polar surface area (TPSA) is 53.9 Å². The summed E-state index contributed by atoms with van der Waals surface area (Å²) < 4.78 is 5.76. The Kier molecular flexibility index (Phi) is 6.79. The molecule has 0 radical (unpaired) electrons. The molecule has 0 spiro atoms. The summed E-state index contributed by atoms with van der Waals surface area (Å²) in [5.74, 6) is 0.611. The van der Waals surface area contributed by atoms with Gasteiger partial charge in [-0.25, -0.2) is 5.43 Å². The third-order valence-corrected chi connectivity index (χ3v) is 4.11. The lowest BCUT2D eigenvalue weighted by atomic mass is 10.2. The molecule has 0 atom stereocenters. The molecular formula is C23H23N3O2. The van der Waals surface area contributed by atoms with Crippen molar-refractivity contribution in [2.75, 3.05) is 18.5 Å². The molecular weight excluding hydrogens is 350 g/mol. The summed E-state index contributed by atoms with van der Waals surface area (Å²) in [7, 11) is 1.87. The Morgan fingerprint density at radius 3 is 2.29 bits per heavy atom. The molecule has 3 aromatic carbocycles. The van der Waals surface area contributed by atoms with Crippen LogP contribution in [0.25, 0.3) is 0 Å². The molecule has 0 saturated heterocycles. The van der Waals surface area contributed by atoms with Crippen molar-refractivity contribution in [3.63, 3.8) is 0 Å². The molecule has 5 nitrogen and oxygen atoms in total. The third kappa shape index (κ3) is 5.99. The molecule has 1 N–H and O–H groups in total. The first-order chi connectivity index (χ1) is 13.7. The Hall–Kier alpha value is -3.60. The van der Waals surface area contributed by atoms with Crippen molar-refractivity contribution < 1.29 is 9.53 Å². The molecule has 3 aromatic rings. The van der Waals surface area contributed by atoms with Crippen LogP contribution in [0.3, 0.4) is 0 Å². The molecule has 0 unspecified atom stereocenters. The van der Waals surface area contributed by atoms with E-state index in [4.69, 9.17) is 4.74 Å². The molecule has 0 fully saturated rings. The van der Waals surface area contributed by atoms with Gasteiger partial charge in [0.1, 0.15) is 12.4 Å². The fourth-order valence-corrected chi connectivity index (χ4v) is 2.59. The average Bonchev–Trinajstić information content (AvgIpc) is 2.74. The van der Waals surface area contributed by atoms with Gasteiger partial charge in [0.15, 0.2) is 0 Å². The zero-order valence-corrected chi connectivity index (χ0v) is 15.8. The second-order valence-corrected chi connectivity index (χ2v) is 6.33. The first-order valence-corrected chi connectivity index (χ1v) is 9.05. The summed E-state index contributed by atoms with van der Waals surface area (Å²) in [6, 6.07) is 27.3. The maximum Gasteiger partial charge on any atom is 0.259 e. The number of para-hydroxylation sites is 1. The van der Waals surface area contributed by atoms with Crippen LogP contribution in [-0.4, -0.2) is 25.7 Å². The van der Waals surface area contributed by atoms with E-state index in [-0.39, 0.29) is 12.5 Å². The van der Waals surface area contributed by atoms with E-state index in [2.05, 4.69) is 10.5 Å². The van der Waals surface area contributed by atoms with Gasteiger partial charge >= 0.3 is 0 Å². The number of hydrogen-bond acceptors (Lipinski definition) is 4. The Bertz CT molecular complexity index is 894. The van der Waals surface area contributed by atoms with Crippen LogP contribution in [0.15, 0.2) is 90.0 Å². The molecule has 0 bridgehead atoms. The zero-order valence-electron chi connectivity index (χ0n) is 15.8. The monoisotopic (exact) mass is 373 g/mol. The summed E-state index contributed by atoms with van der Waals surface area (Å²) in [5.41, 5.74) is 5.53. The highest BCUT2D eigenvalue weighted by Gasteiger charge is 2.05. The molecule has 0 heterocycles. The molecule has 0 aromatic heterocycles. The molecule has 0 aliphatic rings. The predicted octanol–water partition coefficient (Wildman–Crippen LogP) is 3.85. The van der Waals surface area contributed by atoms with Gasteiger partial charge in [0.25, 0.3) is 5.91 Å². The van der Waals surface area contributed by atoms with Crippen LogP contribution < -0.4 is 15.1 Å². The molecule has 5 heteroatoms. The lowest BCUT2D eigenvalue weighted by Gasteiger charge is -2.17. The van der Waals surface area contributed by atoms with Crippen LogP contribution in [0.4, 0.5) is 5.69 Å². The number of amides is 1. The lowest BCUT2D eigenvalue weighted by molar-refractivity contribution is -0.119. The van der Waals surface area contributed by atoms with E-state index in [9.17, 15) is 4.79 Å². The van der Waals surface area contributed by atoms with E-state index in [0.29, 0.717) is 6.61 Å². The molecule has 3 rings (SSSR count). The van der Waals surface area contributed by atoms with Crippen LogP contribution in [0.2, 0.25) is 0 Å². The number of hydrazone groups is 1. The maximum atomic E-state index is 12.0. The van der Waals surface area contributed by atoms with Gasteiger partial charge in [0.2, 0.25) is 0 Å². The standard InChI is InChI=1S/C23H23N3O2/c1-26(21-10-6-3-7-11-21)17-23(27)25-24-16-19-12-14-22(15-13-19)28-18-20-8-4-2-5-9-20/h2-16H,17-18H2,1H3,(H,25,27). The highest BCUT2D eigenvalue weighted by atomic mass is 16.5. The normalized spacial score (nSPS) is 10.6. The van der Waals surface area contributed by atoms with Crippen molar-refractivity contribution >= 4 is 17.8 Å². The Labute approximate surface area is 165 Å². The van der Waals surface area contributed by atoms with E-state index >= 15 is 0 Å². The van der Waals surface area contributed by atoms with Gasteiger partial charge in [0.05, 0.1) is 12.8 Å². The highest BCUT2D eigenvalue weighted by molar-refractivity contribution is 5.84. The Morgan fingerprint density at radius 2 is 1.61 bits per heavy atom. The molecule has 142 valence electrons. The number of rotatable bonds is 8. The largest absolute Gasteiger partial charge is 0.489 e. The second-order valence-electron chi connectivity index (χ2n) is 6.33. The van der Waals surface area contributed by atoms with E-state index in [1.807, 2.05) is 96.9 Å². The third-order valence-electron chi connectivity index (χ3n) is 4.11. The average molecular weight is 373 g/mol. The number of benzene rings is 3. The van der Waals surface area contributed by atoms with Crippen molar-refractivity contribution in [1.29, 1.82) is 0 Å². The second kappa shape index (κ2) is 9.92. The van der Waals surface area contributed by atoms with Crippen LogP contribution in [0, 0.1) is 0 Å². The van der Waals surface area contributed by atoms with E-state index < -0.39 is 0 Å². The SMILES string of the molecule is CN(CC(=O)NN=Cc1ccc(OCc2ccccc2)cc1)c1ccccc1. The van der Waals surface area contributed by atoms with Crippen molar-refractivity contribution in [3.05, 3.63) is 96.1 Å². The zero-order chi connectivity index (χ0) is 19.6. The highest BCUT2D eigenvalue weighted by Crippen LogP contribution is 2.13. The minimum atomic E-state index is -0.176.